The highest BCUT2D eigenvalue weighted by molar-refractivity contribution is 9.10. The fourth-order valence-electron chi connectivity index (χ4n) is 0.778. The van der Waals surface area contributed by atoms with Crippen LogP contribution in [-0.4, -0.2) is 25.0 Å². The van der Waals surface area contributed by atoms with Crippen molar-refractivity contribution in [2.75, 3.05) is 16.4 Å². The first-order valence-electron chi connectivity index (χ1n) is 3.71. The smallest absolute Gasteiger partial charge is 0.233 e. The van der Waals surface area contributed by atoms with Gasteiger partial charge < -0.3 is 0 Å². The van der Waals surface area contributed by atoms with Crippen molar-refractivity contribution in [2.45, 2.75) is 0 Å². The fraction of sp³-hybridized carbons (Fsp3) is 0.286. The molecule has 0 bridgehead atoms. The van der Waals surface area contributed by atoms with E-state index in [0.29, 0.717) is 10.2 Å². The first-order valence-corrected chi connectivity index (χ1v) is 6.69. The van der Waals surface area contributed by atoms with E-state index in [2.05, 4.69) is 25.6 Å². The second kappa shape index (κ2) is 4.95. The Kier molecular flexibility index (Phi) is 4.15. The SMILES string of the molecule is O=S(=O)(CCCl)Nc1ccncc1Br. The summed E-state index contributed by atoms with van der Waals surface area (Å²) in [6.45, 7) is 0. The average molecular weight is 300 g/mol. The van der Waals surface area contributed by atoms with Gasteiger partial charge in [-0.1, -0.05) is 0 Å². The molecule has 14 heavy (non-hydrogen) atoms. The monoisotopic (exact) mass is 298 g/mol. The maximum Gasteiger partial charge on any atom is 0.233 e. The summed E-state index contributed by atoms with van der Waals surface area (Å²) >= 11 is 8.53. The average Bonchev–Trinajstić information content (AvgIpc) is 2.08. The molecule has 0 aromatic carbocycles. The molecule has 1 N–H and O–H groups in total. The van der Waals surface area contributed by atoms with Crippen LogP contribution >= 0.6 is 27.5 Å². The van der Waals surface area contributed by atoms with E-state index in [1.54, 1.807) is 6.07 Å². The van der Waals surface area contributed by atoms with Crippen LogP contribution in [0.15, 0.2) is 22.9 Å². The molecule has 0 spiro atoms. The van der Waals surface area contributed by atoms with Crippen molar-refractivity contribution in [3.63, 3.8) is 0 Å². The molecular weight excluding hydrogens is 292 g/mol. The number of sulfonamides is 1. The molecule has 0 aliphatic rings. The molecule has 0 amide bonds. The van der Waals surface area contributed by atoms with Gasteiger partial charge in [-0.2, -0.15) is 0 Å². The summed E-state index contributed by atoms with van der Waals surface area (Å²) in [6, 6.07) is 1.57. The van der Waals surface area contributed by atoms with Crippen molar-refractivity contribution in [3.05, 3.63) is 22.9 Å². The molecule has 0 atom stereocenters. The second-order valence-electron chi connectivity index (χ2n) is 2.47. The van der Waals surface area contributed by atoms with E-state index in [1.807, 2.05) is 0 Å². The first-order chi connectivity index (χ1) is 6.55. The molecule has 4 nitrogen and oxygen atoms in total. The minimum absolute atomic E-state index is 0.0675. The van der Waals surface area contributed by atoms with E-state index in [4.69, 9.17) is 11.6 Å². The van der Waals surface area contributed by atoms with Crippen LogP contribution in [0.1, 0.15) is 0 Å². The van der Waals surface area contributed by atoms with Gasteiger partial charge in [0.2, 0.25) is 10.0 Å². The number of halogens is 2. The highest BCUT2D eigenvalue weighted by atomic mass is 79.9. The van der Waals surface area contributed by atoms with Crippen LogP contribution in [0.3, 0.4) is 0 Å². The molecule has 1 heterocycles. The highest BCUT2D eigenvalue weighted by Gasteiger charge is 2.10. The maximum atomic E-state index is 11.3. The van der Waals surface area contributed by atoms with E-state index in [-0.39, 0.29) is 11.6 Å². The molecule has 0 saturated heterocycles. The van der Waals surface area contributed by atoms with Gasteiger partial charge in [0.25, 0.3) is 0 Å². The van der Waals surface area contributed by atoms with E-state index >= 15 is 0 Å². The van der Waals surface area contributed by atoms with E-state index in [9.17, 15) is 8.42 Å². The lowest BCUT2D eigenvalue weighted by Gasteiger charge is -2.07. The van der Waals surface area contributed by atoms with Gasteiger partial charge in [-0.3, -0.25) is 9.71 Å². The summed E-state index contributed by atoms with van der Waals surface area (Å²) < 4.78 is 25.6. The van der Waals surface area contributed by atoms with Crippen LogP contribution in [0, 0.1) is 0 Å². The third-order valence-electron chi connectivity index (χ3n) is 1.38. The lowest BCUT2D eigenvalue weighted by molar-refractivity contribution is 0.602. The van der Waals surface area contributed by atoms with Crippen molar-refractivity contribution in [1.82, 2.24) is 4.98 Å². The Labute approximate surface area is 95.9 Å². The molecule has 0 aliphatic carbocycles. The normalized spacial score (nSPS) is 11.3. The van der Waals surface area contributed by atoms with Gasteiger partial charge in [0.15, 0.2) is 0 Å². The Hall–Kier alpha value is -0.330. The van der Waals surface area contributed by atoms with Crippen molar-refractivity contribution in [3.8, 4) is 0 Å². The van der Waals surface area contributed by atoms with Crippen LogP contribution in [-0.2, 0) is 10.0 Å². The maximum absolute atomic E-state index is 11.3. The summed E-state index contributed by atoms with van der Waals surface area (Å²) in [6.07, 6.45) is 3.02. The molecule has 1 aromatic heterocycles. The Balaban J connectivity index is 2.84. The standard InChI is InChI=1S/C7H8BrClN2O2S/c8-6-5-10-3-1-7(6)11-14(12,13)4-2-9/h1,3,5H,2,4H2,(H,10,11). The van der Waals surface area contributed by atoms with Crippen LogP contribution in [0.4, 0.5) is 5.69 Å². The number of rotatable bonds is 4. The molecule has 7 heteroatoms. The molecular formula is C7H8BrClN2O2S. The first kappa shape index (κ1) is 11.7. The Morgan fingerprint density at radius 2 is 2.29 bits per heavy atom. The number of nitrogens with one attached hydrogen (secondary N) is 1. The number of hydrogen-bond acceptors (Lipinski definition) is 3. The summed E-state index contributed by atoms with van der Waals surface area (Å²) in [5.41, 5.74) is 0.463. The zero-order valence-corrected chi connectivity index (χ0v) is 10.2. The molecule has 0 radical (unpaired) electrons. The third-order valence-corrected chi connectivity index (χ3v) is 3.70. The predicted octanol–water partition coefficient (Wildman–Crippen LogP) is 1.82. The quantitative estimate of drug-likeness (QED) is 0.863. The van der Waals surface area contributed by atoms with Crippen molar-refractivity contribution < 1.29 is 8.42 Å². The predicted molar refractivity (Wildman–Crippen MR) is 60.1 cm³/mol. The van der Waals surface area contributed by atoms with Gasteiger partial charge in [-0.05, 0) is 22.0 Å². The van der Waals surface area contributed by atoms with Gasteiger partial charge >= 0.3 is 0 Å². The van der Waals surface area contributed by atoms with Crippen molar-refractivity contribution in [1.29, 1.82) is 0 Å². The van der Waals surface area contributed by atoms with Gasteiger partial charge in [0.05, 0.1) is 15.9 Å². The lowest BCUT2D eigenvalue weighted by atomic mass is 10.4. The Bertz CT molecular complexity index is 410. The molecule has 0 fully saturated rings. The molecule has 0 aliphatic heterocycles. The Morgan fingerprint density at radius 1 is 1.57 bits per heavy atom. The molecule has 1 rings (SSSR count). The zero-order chi connectivity index (χ0) is 10.6. The highest BCUT2D eigenvalue weighted by Crippen LogP contribution is 2.21. The number of aromatic nitrogens is 1. The molecule has 0 unspecified atom stereocenters. The van der Waals surface area contributed by atoms with E-state index in [0.717, 1.165) is 0 Å². The number of pyridine rings is 1. The van der Waals surface area contributed by atoms with Gasteiger partial charge in [0.1, 0.15) is 0 Å². The summed E-state index contributed by atoms with van der Waals surface area (Å²) in [5, 5.41) is 0. The number of hydrogen-bond donors (Lipinski definition) is 1. The molecule has 78 valence electrons. The Morgan fingerprint density at radius 3 is 2.86 bits per heavy atom. The van der Waals surface area contributed by atoms with Crippen LogP contribution < -0.4 is 4.72 Å². The molecule has 0 saturated carbocycles. The number of alkyl halides is 1. The fourth-order valence-corrected chi connectivity index (χ4v) is 2.69. The zero-order valence-electron chi connectivity index (χ0n) is 7.07. The summed E-state index contributed by atoms with van der Waals surface area (Å²) in [4.78, 5) is 3.81. The number of anilines is 1. The minimum atomic E-state index is -3.35. The largest absolute Gasteiger partial charge is 0.282 e. The molecule has 1 aromatic rings. The van der Waals surface area contributed by atoms with Crippen LogP contribution in [0.25, 0.3) is 0 Å². The number of nitrogens with zero attached hydrogens (tertiary/aromatic N) is 1. The summed E-state index contributed by atoms with van der Waals surface area (Å²) in [5.74, 6) is -0.0403. The van der Waals surface area contributed by atoms with Crippen molar-refractivity contribution >= 4 is 43.2 Å². The summed E-state index contributed by atoms with van der Waals surface area (Å²) in [7, 11) is -3.35. The lowest BCUT2D eigenvalue weighted by Crippen LogP contribution is -2.17. The van der Waals surface area contributed by atoms with E-state index in [1.165, 1.54) is 12.4 Å². The van der Waals surface area contributed by atoms with E-state index < -0.39 is 10.0 Å². The van der Waals surface area contributed by atoms with Gasteiger partial charge in [-0.25, -0.2) is 8.42 Å². The minimum Gasteiger partial charge on any atom is -0.282 e. The van der Waals surface area contributed by atoms with Crippen LogP contribution in [0.2, 0.25) is 0 Å². The van der Waals surface area contributed by atoms with Gasteiger partial charge in [0, 0.05) is 18.3 Å². The third kappa shape index (κ3) is 3.43. The van der Waals surface area contributed by atoms with Crippen molar-refractivity contribution in [2.24, 2.45) is 0 Å². The second-order valence-corrected chi connectivity index (χ2v) is 5.54. The topological polar surface area (TPSA) is 59.1 Å². The van der Waals surface area contributed by atoms with Gasteiger partial charge in [-0.15, -0.1) is 11.6 Å². The van der Waals surface area contributed by atoms with Crippen LogP contribution in [0.5, 0.6) is 0 Å².